The van der Waals surface area contributed by atoms with Gasteiger partial charge in [0.1, 0.15) is 0 Å². The van der Waals surface area contributed by atoms with Gasteiger partial charge >= 0.3 is 0 Å². The van der Waals surface area contributed by atoms with E-state index >= 15 is 0 Å². The third-order valence-corrected chi connectivity index (χ3v) is 3.44. The van der Waals surface area contributed by atoms with E-state index in [1.165, 1.54) is 11.1 Å². The number of hydrogen-bond acceptors (Lipinski definition) is 0. The van der Waals surface area contributed by atoms with Gasteiger partial charge in [-0.15, -0.1) is 0 Å². The van der Waals surface area contributed by atoms with Gasteiger partial charge in [0.25, 0.3) is 0 Å². The second-order valence-electron chi connectivity index (χ2n) is 3.53. The standard InChI is InChI=1S/C14H13I/c15-11-14(12-7-3-1-4-8-12)13-9-5-2-6-10-13/h1-10,14H,11H2. The molecule has 0 nitrogen and oxygen atoms in total. The van der Waals surface area contributed by atoms with Gasteiger partial charge in [0.05, 0.1) is 0 Å². The number of benzene rings is 2. The molecule has 0 radical (unpaired) electrons. The molecular formula is C14H13I. The van der Waals surface area contributed by atoms with Crippen molar-refractivity contribution in [3.8, 4) is 0 Å². The first-order chi connectivity index (χ1) is 7.42. The van der Waals surface area contributed by atoms with Gasteiger partial charge < -0.3 is 0 Å². The van der Waals surface area contributed by atoms with Crippen molar-refractivity contribution >= 4 is 22.6 Å². The van der Waals surface area contributed by atoms with Crippen LogP contribution in [0.25, 0.3) is 0 Å². The molecule has 0 bridgehead atoms. The van der Waals surface area contributed by atoms with Gasteiger partial charge in [-0.1, -0.05) is 83.3 Å². The third kappa shape index (κ3) is 2.59. The molecule has 2 aromatic rings. The molecule has 15 heavy (non-hydrogen) atoms. The lowest BCUT2D eigenvalue weighted by Crippen LogP contribution is -2.01. The summed E-state index contributed by atoms with van der Waals surface area (Å²) in [7, 11) is 0. The van der Waals surface area contributed by atoms with Gasteiger partial charge in [-0.05, 0) is 11.1 Å². The van der Waals surface area contributed by atoms with Crippen LogP contribution in [0.1, 0.15) is 17.0 Å². The average Bonchev–Trinajstić information content (AvgIpc) is 2.33. The van der Waals surface area contributed by atoms with E-state index in [1.54, 1.807) is 0 Å². The topological polar surface area (TPSA) is 0 Å². The zero-order valence-corrected chi connectivity index (χ0v) is 10.6. The van der Waals surface area contributed by atoms with Crippen molar-refractivity contribution in [2.24, 2.45) is 0 Å². The zero-order chi connectivity index (χ0) is 10.5. The van der Waals surface area contributed by atoms with Crippen molar-refractivity contribution in [1.82, 2.24) is 0 Å². The molecule has 0 spiro atoms. The largest absolute Gasteiger partial charge is 0.0853 e. The van der Waals surface area contributed by atoms with E-state index < -0.39 is 0 Å². The highest BCUT2D eigenvalue weighted by Crippen LogP contribution is 2.26. The first-order valence-corrected chi connectivity index (χ1v) is 6.60. The Labute approximate surface area is 104 Å². The Morgan fingerprint density at radius 2 is 1.13 bits per heavy atom. The maximum atomic E-state index is 2.46. The minimum atomic E-state index is 0.521. The molecule has 0 heterocycles. The average molecular weight is 308 g/mol. The Morgan fingerprint density at radius 3 is 1.47 bits per heavy atom. The zero-order valence-electron chi connectivity index (χ0n) is 8.44. The van der Waals surface area contributed by atoms with Crippen LogP contribution in [0.4, 0.5) is 0 Å². The van der Waals surface area contributed by atoms with E-state index in [0.717, 1.165) is 4.43 Å². The summed E-state index contributed by atoms with van der Waals surface area (Å²) in [4.78, 5) is 0. The van der Waals surface area contributed by atoms with Gasteiger partial charge in [0.15, 0.2) is 0 Å². The normalized spacial score (nSPS) is 10.5. The van der Waals surface area contributed by atoms with E-state index in [9.17, 15) is 0 Å². The van der Waals surface area contributed by atoms with Crippen LogP contribution in [0.5, 0.6) is 0 Å². The van der Waals surface area contributed by atoms with E-state index in [4.69, 9.17) is 0 Å². The van der Waals surface area contributed by atoms with Gasteiger partial charge in [0.2, 0.25) is 0 Å². The smallest absolute Gasteiger partial charge is 0.0179 e. The highest BCUT2D eigenvalue weighted by atomic mass is 127. The molecule has 0 aliphatic heterocycles. The Bertz CT molecular complexity index is 355. The molecule has 0 aliphatic carbocycles. The Balaban J connectivity index is 2.34. The predicted molar refractivity (Wildman–Crippen MR) is 73.6 cm³/mol. The van der Waals surface area contributed by atoms with Crippen molar-refractivity contribution in [2.45, 2.75) is 5.92 Å². The Kier molecular flexibility index (Phi) is 3.78. The van der Waals surface area contributed by atoms with E-state index in [1.807, 2.05) is 0 Å². The fourth-order valence-electron chi connectivity index (χ4n) is 1.74. The lowest BCUT2D eigenvalue weighted by molar-refractivity contribution is 0.952. The Morgan fingerprint density at radius 1 is 0.733 bits per heavy atom. The van der Waals surface area contributed by atoms with Crippen molar-refractivity contribution in [3.63, 3.8) is 0 Å². The second kappa shape index (κ2) is 5.31. The van der Waals surface area contributed by atoms with E-state index in [0.29, 0.717) is 5.92 Å². The van der Waals surface area contributed by atoms with Crippen LogP contribution in [0.15, 0.2) is 60.7 Å². The number of alkyl halides is 1. The fraction of sp³-hybridized carbons (Fsp3) is 0.143. The summed E-state index contributed by atoms with van der Waals surface area (Å²) in [5.41, 5.74) is 2.80. The molecule has 0 saturated heterocycles. The number of hydrogen-bond donors (Lipinski definition) is 0. The third-order valence-electron chi connectivity index (χ3n) is 2.56. The van der Waals surface area contributed by atoms with Crippen LogP contribution in [0, 0.1) is 0 Å². The minimum Gasteiger partial charge on any atom is -0.0853 e. The summed E-state index contributed by atoms with van der Waals surface area (Å²) in [6.45, 7) is 0. The summed E-state index contributed by atoms with van der Waals surface area (Å²) in [6, 6.07) is 21.4. The summed E-state index contributed by atoms with van der Waals surface area (Å²) >= 11 is 2.46. The maximum absolute atomic E-state index is 2.46. The van der Waals surface area contributed by atoms with Gasteiger partial charge in [-0.2, -0.15) is 0 Å². The number of halogens is 1. The molecule has 0 atom stereocenters. The van der Waals surface area contributed by atoms with Crippen LogP contribution >= 0.6 is 22.6 Å². The molecule has 1 heteroatoms. The minimum absolute atomic E-state index is 0.521. The molecular weight excluding hydrogens is 295 g/mol. The Hall–Kier alpha value is -0.830. The van der Waals surface area contributed by atoms with Gasteiger partial charge in [-0.3, -0.25) is 0 Å². The van der Waals surface area contributed by atoms with Crippen LogP contribution in [-0.4, -0.2) is 4.43 Å². The molecule has 0 unspecified atom stereocenters. The summed E-state index contributed by atoms with van der Waals surface area (Å²) < 4.78 is 1.12. The summed E-state index contributed by atoms with van der Waals surface area (Å²) in [5.74, 6) is 0.521. The SMILES string of the molecule is ICC(c1ccccc1)c1ccccc1. The highest BCUT2D eigenvalue weighted by Gasteiger charge is 2.10. The monoisotopic (exact) mass is 308 g/mol. The van der Waals surface area contributed by atoms with Gasteiger partial charge in [-0.25, -0.2) is 0 Å². The quantitative estimate of drug-likeness (QED) is 0.587. The molecule has 0 amide bonds. The predicted octanol–water partition coefficient (Wildman–Crippen LogP) is 4.25. The first-order valence-electron chi connectivity index (χ1n) is 5.07. The van der Waals surface area contributed by atoms with Crippen molar-refractivity contribution < 1.29 is 0 Å². The summed E-state index contributed by atoms with van der Waals surface area (Å²) in [5, 5.41) is 0. The molecule has 2 aromatic carbocycles. The molecule has 0 fully saturated rings. The van der Waals surface area contributed by atoms with Gasteiger partial charge in [0, 0.05) is 10.3 Å². The lowest BCUT2D eigenvalue weighted by atomic mass is 9.93. The van der Waals surface area contributed by atoms with Crippen molar-refractivity contribution in [3.05, 3.63) is 71.8 Å². The van der Waals surface area contributed by atoms with E-state index in [2.05, 4.69) is 83.3 Å². The molecule has 0 aromatic heterocycles. The molecule has 0 aliphatic rings. The molecule has 0 saturated carbocycles. The van der Waals surface area contributed by atoms with E-state index in [-0.39, 0.29) is 0 Å². The fourth-order valence-corrected chi connectivity index (χ4v) is 2.76. The molecule has 0 N–H and O–H groups in total. The highest BCUT2D eigenvalue weighted by molar-refractivity contribution is 14.1. The van der Waals surface area contributed by atoms with Crippen molar-refractivity contribution in [2.75, 3.05) is 4.43 Å². The van der Waals surface area contributed by atoms with Crippen LogP contribution < -0.4 is 0 Å². The van der Waals surface area contributed by atoms with Crippen LogP contribution in [0.2, 0.25) is 0 Å². The lowest BCUT2D eigenvalue weighted by Gasteiger charge is -2.14. The molecule has 76 valence electrons. The van der Waals surface area contributed by atoms with Crippen LogP contribution in [0.3, 0.4) is 0 Å². The van der Waals surface area contributed by atoms with Crippen LogP contribution in [-0.2, 0) is 0 Å². The molecule has 2 rings (SSSR count). The van der Waals surface area contributed by atoms with Crippen molar-refractivity contribution in [1.29, 1.82) is 0 Å². The summed E-state index contributed by atoms with van der Waals surface area (Å²) in [6.07, 6.45) is 0. The first kappa shape index (κ1) is 10.7. The second-order valence-corrected chi connectivity index (χ2v) is 4.41. The maximum Gasteiger partial charge on any atom is 0.0179 e. The number of rotatable bonds is 3.